The van der Waals surface area contributed by atoms with Crippen LogP contribution < -0.4 is 10.2 Å². The number of ether oxygens (including phenoxy) is 2. The first kappa shape index (κ1) is 14.3. The van der Waals surface area contributed by atoms with Crippen molar-refractivity contribution in [3.8, 4) is 5.75 Å². The van der Waals surface area contributed by atoms with Gasteiger partial charge in [0, 0.05) is 12.1 Å². The fourth-order valence-corrected chi connectivity index (χ4v) is 2.22. The van der Waals surface area contributed by atoms with E-state index in [0.29, 0.717) is 18.5 Å². The average Bonchev–Trinajstić information content (AvgIpc) is 2.89. The van der Waals surface area contributed by atoms with Gasteiger partial charge in [-0.25, -0.2) is 4.39 Å². The Kier molecular flexibility index (Phi) is 5.19. The number of benzene rings is 1. The molecule has 4 nitrogen and oxygen atoms in total. The van der Waals surface area contributed by atoms with E-state index in [1.807, 2.05) is 0 Å². The maximum atomic E-state index is 13.0. The highest BCUT2D eigenvalue weighted by atomic mass is 19.1. The van der Waals surface area contributed by atoms with Crippen molar-refractivity contribution in [2.75, 3.05) is 13.2 Å². The molecular weight excluding hydrogens is 250 g/mol. The molecule has 0 bridgehead atoms. The average molecular weight is 268 g/mol. The molecular formula is C13H18BFO4. The molecule has 0 saturated carbocycles. The second-order valence-electron chi connectivity index (χ2n) is 4.68. The van der Waals surface area contributed by atoms with Gasteiger partial charge in [0.15, 0.2) is 0 Å². The summed E-state index contributed by atoms with van der Waals surface area (Å²) in [7, 11) is -1.73. The Balaban J connectivity index is 1.81. The Morgan fingerprint density at radius 1 is 1.42 bits per heavy atom. The van der Waals surface area contributed by atoms with Crippen LogP contribution in [0.1, 0.15) is 25.7 Å². The molecule has 1 aliphatic rings. The number of hydrogen-bond donors (Lipinski definition) is 2. The topological polar surface area (TPSA) is 58.9 Å². The van der Waals surface area contributed by atoms with Gasteiger partial charge < -0.3 is 19.5 Å². The Morgan fingerprint density at radius 3 is 2.95 bits per heavy atom. The van der Waals surface area contributed by atoms with Crippen LogP contribution in [0.4, 0.5) is 4.39 Å². The van der Waals surface area contributed by atoms with Crippen LogP contribution in [-0.4, -0.2) is 36.5 Å². The van der Waals surface area contributed by atoms with Gasteiger partial charge in [-0.1, -0.05) is 0 Å². The zero-order valence-corrected chi connectivity index (χ0v) is 10.7. The monoisotopic (exact) mass is 268 g/mol. The van der Waals surface area contributed by atoms with Crippen molar-refractivity contribution in [2.45, 2.75) is 31.8 Å². The van der Waals surface area contributed by atoms with Gasteiger partial charge in [0.1, 0.15) is 11.6 Å². The molecule has 1 aromatic rings. The van der Waals surface area contributed by atoms with Crippen LogP contribution in [0.5, 0.6) is 5.75 Å². The van der Waals surface area contributed by atoms with Crippen LogP contribution in [0.15, 0.2) is 18.2 Å². The van der Waals surface area contributed by atoms with Gasteiger partial charge in [0.25, 0.3) is 0 Å². The van der Waals surface area contributed by atoms with E-state index in [2.05, 4.69) is 0 Å². The van der Waals surface area contributed by atoms with Crippen molar-refractivity contribution < 1.29 is 23.9 Å². The lowest BCUT2D eigenvalue weighted by molar-refractivity contribution is 0.0981. The maximum absolute atomic E-state index is 13.0. The minimum absolute atomic E-state index is 0.0529. The van der Waals surface area contributed by atoms with Gasteiger partial charge in [0.05, 0.1) is 12.7 Å². The first-order chi connectivity index (χ1) is 9.16. The normalized spacial score (nSPS) is 18.6. The van der Waals surface area contributed by atoms with Crippen molar-refractivity contribution in [3.63, 3.8) is 0 Å². The Labute approximate surface area is 112 Å². The molecule has 0 radical (unpaired) electrons. The lowest BCUT2D eigenvalue weighted by Crippen LogP contribution is -2.32. The van der Waals surface area contributed by atoms with Crippen LogP contribution in [0.3, 0.4) is 0 Å². The van der Waals surface area contributed by atoms with E-state index in [1.165, 1.54) is 12.1 Å². The van der Waals surface area contributed by atoms with E-state index in [0.717, 1.165) is 38.4 Å². The van der Waals surface area contributed by atoms with Gasteiger partial charge >= 0.3 is 7.12 Å². The third-order valence-corrected chi connectivity index (χ3v) is 3.20. The van der Waals surface area contributed by atoms with Gasteiger partial charge in [-0.05, 0) is 43.9 Å². The van der Waals surface area contributed by atoms with Crippen LogP contribution in [-0.2, 0) is 4.74 Å². The number of rotatable bonds is 6. The molecule has 1 saturated heterocycles. The molecule has 0 spiro atoms. The third-order valence-electron chi connectivity index (χ3n) is 3.20. The van der Waals surface area contributed by atoms with E-state index in [-0.39, 0.29) is 5.46 Å². The molecule has 1 aromatic carbocycles. The number of hydrogen-bond acceptors (Lipinski definition) is 4. The lowest BCUT2D eigenvalue weighted by atomic mass is 9.79. The molecule has 1 aliphatic heterocycles. The first-order valence-electron chi connectivity index (χ1n) is 6.57. The zero-order valence-electron chi connectivity index (χ0n) is 10.7. The molecule has 104 valence electrons. The molecule has 1 atom stereocenters. The summed E-state index contributed by atoms with van der Waals surface area (Å²) in [5, 5.41) is 18.3. The van der Waals surface area contributed by atoms with Gasteiger partial charge in [-0.3, -0.25) is 0 Å². The van der Waals surface area contributed by atoms with E-state index < -0.39 is 12.9 Å². The van der Waals surface area contributed by atoms with E-state index >= 15 is 0 Å². The summed E-state index contributed by atoms with van der Waals surface area (Å²) in [6, 6.07) is 3.72. The maximum Gasteiger partial charge on any atom is 0.492 e. The summed E-state index contributed by atoms with van der Waals surface area (Å²) in [5.74, 6) is -0.210. The van der Waals surface area contributed by atoms with Crippen LogP contribution in [0, 0.1) is 5.82 Å². The standard InChI is InChI=1S/C13H18BFO4/c15-10-5-6-13(12(9-10)14(16)17)19-8-2-4-11-3-1-7-18-11/h5-6,9,11,16-17H,1-4,7-8H2. The second-order valence-corrected chi connectivity index (χ2v) is 4.68. The quantitative estimate of drug-likeness (QED) is 0.593. The van der Waals surface area contributed by atoms with Crippen molar-refractivity contribution >= 4 is 12.6 Å². The summed E-state index contributed by atoms with van der Waals surface area (Å²) < 4.78 is 24.0. The van der Waals surface area contributed by atoms with Crippen LogP contribution in [0.25, 0.3) is 0 Å². The van der Waals surface area contributed by atoms with Crippen molar-refractivity contribution in [3.05, 3.63) is 24.0 Å². The predicted molar refractivity (Wildman–Crippen MR) is 69.9 cm³/mol. The van der Waals surface area contributed by atoms with E-state index in [1.54, 1.807) is 0 Å². The highest BCUT2D eigenvalue weighted by molar-refractivity contribution is 6.59. The highest BCUT2D eigenvalue weighted by Crippen LogP contribution is 2.17. The minimum atomic E-state index is -1.73. The smallest absolute Gasteiger partial charge is 0.492 e. The van der Waals surface area contributed by atoms with E-state index in [9.17, 15) is 4.39 Å². The largest absolute Gasteiger partial charge is 0.494 e. The molecule has 0 aliphatic carbocycles. The molecule has 19 heavy (non-hydrogen) atoms. The SMILES string of the molecule is OB(O)c1cc(F)ccc1OCCCC1CCCO1. The number of halogens is 1. The second kappa shape index (κ2) is 6.89. The summed E-state index contributed by atoms with van der Waals surface area (Å²) in [4.78, 5) is 0. The fourth-order valence-electron chi connectivity index (χ4n) is 2.22. The third kappa shape index (κ3) is 4.19. The fraction of sp³-hybridized carbons (Fsp3) is 0.538. The van der Waals surface area contributed by atoms with Crippen LogP contribution in [0.2, 0.25) is 0 Å². The molecule has 0 amide bonds. The molecule has 2 N–H and O–H groups in total. The van der Waals surface area contributed by atoms with E-state index in [4.69, 9.17) is 19.5 Å². The van der Waals surface area contributed by atoms with Crippen LogP contribution >= 0.6 is 0 Å². The Hall–Kier alpha value is -1.11. The summed E-state index contributed by atoms with van der Waals surface area (Å²) >= 11 is 0. The van der Waals surface area contributed by atoms with Crippen molar-refractivity contribution in [1.82, 2.24) is 0 Å². The first-order valence-corrected chi connectivity index (χ1v) is 6.57. The molecule has 6 heteroatoms. The molecule has 1 unspecified atom stereocenters. The summed E-state index contributed by atoms with van der Waals surface area (Å²) in [6.45, 7) is 1.29. The summed E-state index contributed by atoms with van der Waals surface area (Å²) in [6.07, 6.45) is 4.28. The minimum Gasteiger partial charge on any atom is -0.494 e. The van der Waals surface area contributed by atoms with Gasteiger partial charge in [-0.2, -0.15) is 0 Å². The predicted octanol–water partition coefficient (Wildman–Crippen LogP) is 0.843. The molecule has 1 fully saturated rings. The van der Waals surface area contributed by atoms with Crippen molar-refractivity contribution in [1.29, 1.82) is 0 Å². The Bertz CT molecular complexity index is 408. The summed E-state index contributed by atoms with van der Waals surface area (Å²) in [5.41, 5.74) is 0.0529. The molecule has 1 heterocycles. The van der Waals surface area contributed by atoms with Crippen molar-refractivity contribution in [2.24, 2.45) is 0 Å². The van der Waals surface area contributed by atoms with Gasteiger partial charge in [0.2, 0.25) is 0 Å². The zero-order chi connectivity index (χ0) is 13.7. The molecule has 0 aromatic heterocycles. The lowest BCUT2D eigenvalue weighted by Gasteiger charge is -2.12. The Morgan fingerprint density at radius 2 is 2.26 bits per heavy atom. The van der Waals surface area contributed by atoms with Gasteiger partial charge in [-0.15, -0.1) is 0 Å². The molecule has 2 rings (SSSR count). The highest BCUT2D eigenvalue weighted by Gasteiger charge is 2.18.